The van der Waals surface area contributed by atoms with Crippen molar-refractivity contribution in [3.8, 4) is 0 Å². The predicted molar refractivity (Wildman–Crippen MR) is 82.4 cm³/mol. The minimum atomic E-state index is -0.149. The van der Waals surface area contributed by atoms with Crippen molar-refractivity contribution in [1.82, 2.24) is 14.8 Å². The van der Waals surface area contributed by atoms with Gasteiger partial charge < -0.3 is 5.32 Å². The van der Waals surface area contributed by atoms with Crippen LogP contribution in [0.1, 0.15) is 21.6 Å². The summed E-state index contributed by atoms with van der Waals surface area (Å²) in [6.07, 6.45) is 1.67. The first-order chi connectivity index (χ1) is 10.0. The van der Waals surface area contributed by atoms with E-state index < -0.39 is 0 Å². The second kappa shape index (κ2) is 5.01. The topological polar surface area (TPSA) is 59.8 Å². The molecule has 3 rings (SSSR count). The lowest BCUT2D eigenvalue weighted by Crippen LogP contribution is -2.13. The van der Waals surface area contributed by atoms with Crippen LogP contribution < -0.4 is 5.32 Å². The van der Waals surface area contributed by atoms with Crippen molar-refractivity contribution in [2.45, 2.75) is 13.8 Å². The van der Waals surface area contributed by atoms with Crippen molar-refractivity contribution >= 4 is 22.6 Å². The van der Waals surface area contributed by atoms with Crippen molar-refractivity contribution in [2.75, 3.05) is 5.32 Å². The second-order valence-corrected chi connectivity index (χ2v) is 5.14. The van der Waals surface area contributed by atoms with Crippen LogP contribution in [0, 0.1) is 13.8 Å². The van der Waals surface area contributed by atoms with Crippen molar-refractivity contribution in [3.63, 3.8) is 0 Å². The first-order valence-corrected chi connectivity index (χ1v) is 6.72. The fraction of sp³-hybridized carbons (Fsp3) is 0.188. The highest BCUT2D eigenvalue weighted by atomic mass is 16.1. The molecule has 0 unspecified atom stereocenters. The number of amides is 1. The number of rotatable bonds is 2. The number of anilines is 1. The van der Waals surface area contributed by atoms with Crippen LogP contribution in [0.2, 0.25) is 0 Å². The predicted octanol–water partition coefficient (Wildman–Crippen LogP) is 2.84. The largest absolute Gasteiger partial charge is 0.322 e. The van der Waals surface area contributed by atoms with E-state index in [1.165, 1.54) is 0 Å². The highest BCUT2D eigenvalue weighted by Crippen LogP contribution is 2.19. The van der Waals surface area contributed by atoms with Crippen LogP contribution >= 0.6 is 0 Å². The smallest absolute Gasteiger partial charge is 0.256 e. The zero-order chi connectivity index (χ0) is 15.0. The molecule has 5 heteroatoms. The Kier molecular flexibility index (Phi) is 3.17. The molecule has 0 spiro atoms. The average Bonchev–Trinajstić information content (AvgIpc) is 2.79. The summed E-state index contributed by atoms with van der Waals surface area (Å²) in [6, 6.07) is 9.51. The molecule has 0 saturated heterocycles. The van der Waals surface area contributed by atoms with Crippen LogP contribution in [0.5, 0.6) is 0 Å². The summed E-state index contributed by atoms with van der Waals surface area (Å²) < 4.78 is 1.67. The standard InChI is InChI=1S/C16H16N4O/c1-10-5-4-6-12(7-10)19-16(21)13-8-11(2)18-15-14(13)9-17-20(15)3/h4-9H,1-3H3,(H,19,21). The van der Waals surface area contributed by atoms with Gasteiger partial charge in [-0.25, -0.2) is 4.98 Å². The summed E-state index contributed by atoms with van der Waals surface area (Å²) in [6.45, 7) is 3.86. The zero-order valence-corrected chi connectivity index (χ0v) is 12.2. The van der Waals surface area contributed by atoms with E-state index in [9.17, 15) is 4.79 Å². The Morgan fingerprint density at radius 2 is 2.05 bits per heavy atom. The molecule has 0 atom stereocenters. The number of fused-ring (bicyclic) bond motifs is 1. The maximum Gasteiger partial charge on any atom is 0.256 e. The van der Waals surface area contributed by atoms with Crippen molar-refractivity contribution in [1.29, 1.82) is 0 Å². The molecule has 2 heterocycles. The maximum absolute atomic E-state index is 12.5. The van der Waals surface area contributed by atoms with Crippen molar-refractivity contribution < 1.29 is 4.79 Å². The van der Waals surface area contributed by atoms with Gasteiger partial charge in [-0.3, -0.25) is 9.48 Å². The summed E-state index contributed by atoms with van der Waals surface area (Å²) in [5.74, 6) is -0.149. The zero-order valence-electron chi connectivity index (χ0n) is 12.2. The Labute approximate surface area is 122 Å². The Balaban J connectivity index is 2.02. The molecule has 0 bridgehead atoms. The van der Waals surface area contributed by atoms with Crippen LogP contribution in [-0.2, 0) is 7.05 Å². The molecule has 1 N–H and O–H groups in total. The number of pyridine rings is 1. The van der Waals surface area contributed by atoms with Gasteiger partial charge in [0.1, 0.15) is 0 Å². The Morgan fingerprint density at radius 3 is 2.81 bits per heavy atom. The minimum Gasteiger partial charge on any atom is -0.322 e. The fourth-order valence-corrected chi connectivity index (χ4v) is 2.35. The number of aryl methyl sites for hydroxylation is 3. The van der Waals surface area contributed by atoms with Gasteiger partial charge in [-0.05, 0) is 37.6 Å². The van der Waals surface area contributed by atoms with E-state index in [0.717, 1.165) is 22.3 Å². The van der Waals surface area contributed by atoms with E-state index in [1.54, 1.807) is 16.9 Å². The molecule has 3 aromatic rings. The number of aromatic nitrogens is 3. The lowest BCUT2D eigenvalue weighted by Gasteiger charge is -2.08. The average molecular weight is 280 g/mol. The number of nitrogens with one attached hydrogen (secondary N) is 1. The Hall–Kier alpha value is -2.69. The van der Waals surface area contributed by atoms with Gasteiger partial charge in [-0.15, -0.1) is 0 Å². The van der Waals surface area contributed by atoms with Gasteiger partial charge in [0.2, 0.25) is 0 Å². The summed E-state index contributed by atoms with van der Waals surface area (Å²) >= 11 is 0. The molecule has 21 heavy (non-hydrogen) atoms. The van der Waals surface area contributed by atoms with E-state index in [-0.39, 0.29) is 5.91 Å². The number of hydrogen-bond donors (Lipinski definition) is 1. The third kappa shape index (κ3) is 2.50. The highest BCUT2D eigenvalue weighted by molar-refractivity contribution is 6.12. The van der Waals surface area contributed by atoms with E-state index in [2.05, 4.69) is 15.4 Å². The summed E-state index contributed by atoms with van der Waals surface area (Å²) in [4.78, 5) is 16.9. The molecule has 0 fully saturated rings. The van der Waals surface area contributed by atoms with Crippen molar-refractivity contribution in [3.05, 3.63) is 53.3 Å². The van der Waals surface area contributed by atoms with E-state index in [4.69, 9.17) is 0 Å². The molecule has 1 amide bonds. The van der Waals surface area contributed by atoms with Crippen LogP contribution in [-0.4, -0.2) is 20.7 Å². The molecule has 5 nitrogen and oxygen atoms in total. The van der Waals surface area contributed by atoms with Gasteiger partial charge in [-0.1, -0.05) is 12.1 Å². The van der Waals surface area contributed by atoms with Crippen LogP contribution in [0.4, 0.5) is 5.69 Å². The van der Waals surface area contributed by atoms with E-state index in [1.807, 2.05) is 45.2 Å². The Bertz CT molecular complexity index is 835. The molecule has 0 aliphatic heterocycles. The van der Waals surface area contributed by atoms with Gasteiger partial charge in [0.05, 0.1) is 17.1 Å². The van der Waals surface area contributed by atoms with Crippen molar-refractivity contribution in [2.24, 2.45) is 7.05 Å². The van der Waals surface area contributed by atoms with Crippen LogP contribution in [0.25, 0.3) is 11.0 Å². The fourth-order valence-electron chi connectivity index (χ4n) is 2.35. The number of hydrogen-bond acceptors (Lipinski definition) is 3. The number of benzene rings is 1. The van der Waals surface area contributed by atoms with Crippen LogP contribution in [0.15, 0.2) is 36.5 Å². The third-order valence-corrected chi connectivity index (χ3v) is 3.35. The molecule has 2 aromatic heterocycles. The van der Waals surface area contributed by atoms with Gasteiger partial charge in [0.25, 0.3) is 5.91 Å². The van der Waals surface area contributed by atoms with Gasteiger partial charge in [0.15, 0.2) is 5.65 Å². The van der Waals surface area contributed by atoms with Gasteiger partial charge >= 0.3 is 0 Å². The summed E-state index contributed by atoms with van der Waals surface area (Å²) in [7, 11) is 1.82. The maximum atomic E-state index is 12.5. The number of carbonyl (C=O) groups excluding carboxylic acids is 1. The SMILES string of the molecule is Cc1cccc(NC(=O)c2cc(C)nc3c2cnn3C)c1. The quantitative estimate of drug-likeness (QED) is 0.785. The third-order valence-electron chi connectivity index (χ3n) is 3.35. The molecule has 0 saturated carbocycles. The lowest BCUT2D eigenvalue weighted by atomic mass is 10.1. The van der Waals surface area contributed by atoms with E-state index in [0.29, 0.717) is 11.2 Å². The summed E-state index contributed by atoms with van der Waals surface area (Å²) in [5, 5.41) is 7.86. The van der Waals surface area contributed by atoms with Gasteiger partial charge in [0, 0.05) is 18.4 Å². The van der Waals surface area contributed by atoms with E-state index >= 15 is 0 Å². The molecular formula is C16H16N4O. The number of carbonyl (C=O) groups is 1. The molecule has 106 valence electrons. The summed E-state index contributed by atoms with van der Waals surface area (Å²) in [5.41, 5.74) is 3.98. The molecule has 0 radical (unpaired) electrons. The van der Waals surface area contributed by atoms with Gasteiger partial charge in [-0.2, -0.15) is 5.10 Å². The molecule has 1 aromatic carbocycles. The normalized spacial score (nSPS) is 10.8. The first-order valence-electron chi connectivity index (χ1n) is 6.72. The minimum absolute atomic E-state index is 0.149. The molecular weight excluding hydrogens is 264 g/mol. The monoisotopic (exact) mass is 280 g/mol. The van der Waals surface area contributed by atoms with Crippen LogP contribution in [0.3, 0.4) is 0 Å². The number of nitrogens with zero attached hydrogens (tertiary/aromatic N) is 3. The molecule has 0 aliphatic rings. The highest BCUT2D eigenvalue weighted by Gasteiger charge is 2.14. The Morgan fingerprint density at radius 1 is 1.24 bits per heavy atom. The molecule has 0 aliphatic carbocycles. The first kappa shape index (κ1) is 13.3. The lowest BCUT2D eigenvalue weighted by molar-refractivity contribution is 0.102. The second-order valence-electron chi connectivity index (χ2n) is 5.14.